The topological polar surface area (TPSA) is 56.7 Å². The van der Waals surface area contributed by atoms with Crippen molar-refractivity contribution in [3.05, 3.63) is 57.8 Å². The number of nitrogens with zero attached hydrogens (tertiary/aromatic N) is 2. The van der Waals surface area contributed by atoms with Crippen molar-refractivity contribution in [2.75, 3.05) is 20.1 Å². The fourth-order valence-corrected chi connectivity index (χ4v) is 5.82. The first kappa shape index (κ1) is 21.9. The summed E-state index contributed by atoms with van der Waals surface area (Å²) >= 11 is 1.89. The highest BCUT2D eigenvalue weighted by Crippen LogP contribution is 2.41. The van der Waals surface area contributed by atoms with Crippen molar-refractivity contribution in [3.8, 4) is 0 Å². The van der Waals surface area contributed by atoms with Gasteiger partial charge >= 0.3 is 0 Å². The number of amides is 1. The lowest BCUT2D eigenvalue weighted by Crippen LogP contribution is -2.46. The summed E-state index contributed by atoms with van der Waals surface area (Å²) in [5, 5.41) is 9.27. The van der Waals surface area contributed by atoms with Crippen LogP contribution in [0.5, 0.6) is 0 Å². The van der Waals surface area contributed by atoms with Gasteiger partial charge < -0.3 is 15.5 Å². The van der Waals surface area contributed by atoms with E-state index in [0.717, 1.165) is 38.6 Å². The minimum absolute atomic E-state index is 0.235. The molecule has 6 heteroatoms. The molecule has 1 saturated carbocycles. The molecule has 1 aliphatic heterocycles. The molecule has 2 heterocycles. The Morgan fingerprint density at radius 3 is 2.48 bits per heavy atom. The van der Waals surface area contributed by atoms with E-state index < -0.39 is 0 Å². The Bertz CT molecular complexity index is 869. The Morgan fingerprint density at radius 1 is 1.06 bits per heavy atom. The standard InChI is InChI=1S/C25H34N4OS/c1-26-24(28-19-25(13-3-2-4-14-25)22-7-6-16-31-22)27-17-20-9-11-21(12-10-20)18-29-15-5-8-23(29)30/h6-7,9-12,16H,2-5,8,13-15,17-19H2,1H3,(H2,26,27,28). The molecule has 2 aliphatic rings. The van der Waals surface area contributed by atoms with Gasteiger partial charge in [0.15, 0.2) is 5.96 Å². The van der Waals surface area contributed by atoms with Crippen molar-refractivity contribution in [3.63, 3.8) is 0 Å². The van der Waals surface area contributed by atoms with Gasteiger partial charge in [-0.15, -0.1) is 11.3 Å². The zero-order valence-electron chi connectivity index (χ0n) is 18.5. The molecule has 1 saturated heterocycles. The molecule has 1 amide bonds. The van der Waals surface area contributed by atoms with Crippen LogP contribution in [0, 0.1) is 0 Å². The molecule has 1 aromatic carbocycles. The lowest BCUT2D eigenvalue weighted by molar-refractivity contribution is -0.128. The molecule has 0 bridgehead atoms. The molecule has 0 atom stereocenters. The van der Waals surface area contributed by atoms with Crippen molar-refractivity contribution >= 4 is 23.2 Å². The van der Waals surface area contributed by atoms with E-state index in [4.69, 9.17) is 0 Å². The molecular weight excluding hydrogens is 404 g/mol. The van der Waals surface area contributed by atoms with E-state index >= 15 is 0 Å². The zero-order chi connectivity index (χ0) is 21.5. The molecule has 166 valence electrons. The van der Waals surface area contributed by atoms with Gasteiger partial charge in [-0.1, -0.05) is 49.6 Å². The third-order valence-electron chi connectivity index (χ3n) is 6.70. The molecular formula is C25H34N4OS. The van der Waals surface area contributed by atoms with Crippen molar-refractivity contribution < 1.29 is 4.79 Å². The maximum absolute atomic E-state index is 11.8. The van der Waals surface area contributed by atoms with Crippen molar-refractivity contribution in [1.82, 2.24) is 15.5 Å². The molecule has 0 spiro atoms. The van der Waals surface area contributed by atoms with Gasteiger partial charge in [0, 0.05) is 49.9 Å². The smallest absolute Gasteiger partial charge is 0.222 e. The van der Waals surface area contributed by atoms with E-state index in [-0.39, 0.29) is 11.3 Å². The number of aliphatic imine (C=N–C) groups is 1. The lowest BCUT2D eigenvalue weighted by Gasteiger charge is -2.37. The summed E-state index contributed by atoms with van der Waals surface area (Å²) in [6.45, 7) is 3.27. The molecule has 2 aromatic rings. The number of hydrogen-bond acceptors (Lipinski definition) is 3. The molecule has 1 aromatic heterocycles. The first-order valence-electron chi connectivity index (χ1n) is 11.5. The summed E-state index contributed by atoms with van der Waals surface area (Å²) in [4.78, 5) is 19.7. The summed E-state index contributed by atoms with van der Waals surface area (Å²) in [7, 11) is 1.84. The highest BCUT2D eigenvalue weighted by Gasteiger charge is 2.34. The maximum Gasteiger partial charge on any atom is 0.222 e. The second kappa shape index (κ2) is 10.3. The number of guanidine groups is 1. The summed E-state index contributed by atoms with van der Waals surface area (Å²) in [5.74, 6) is 1.13. The maximum atomic E-state index is 11.8. The summed E-state index contributed by atoms with van der Waals surface area (Å²) in [6.07, 6.45) is 8.14. The third kappa shape index (κ3) is 5.48. The molecule has 5 nitrogen and oxygen atoms in total. The van der Waals surface area contributed by atoms with Crippen LogP contribution in [-0.2, 0) is 23.3 Å². The van der Waals surface area contributed by atoms with E-state index in [0.29, 0.717) is 6.42 Å². The molecule has 0 unspecified atom stereocenters. The molecule has 0 radical (unpaired) electrons. The molecule has 4 rings (SSSR count). The van der Waals surface area contributed by atoms with Crippen molar-refractivity contribution in [2.24, 2.45) is 4.99 Å². The predicted octanol–water partition coefficient (Wildman–Crippen LogP) is 4.44. The van der Waals surface area contributed by atoms with Crippen LogP contribution in [0.3, 0.4) is 0 Å². The van der Waals surface area contributed by atoms with Crippen molar-refractivity contribution in [2.45, 2.75) is 63.5 Å². The number of nitrogens with one attached hydrogen (secondary N) is 2. The Kier molecular flexibility index (Phi) is 7.28. The van der Waals surface area contributed by atoms with Crippen LogP contribution in [-0.4, -0.2) is 36.9 Å². The number of rotatable bonds is 7. The fourth-order valence-electron chi connectivity index (χ4n) is 4.83. The fraction of sp³-hybridized carbons (Fsp3) is 0.520. The largest absolute Gasteiger partial charge is 0.355 e. The number of carbonyl (C=O) groups excluding carboxylic acids is 1. The molecule has 1 aliphatic carbocycles. The molecule has 31 heavy (non-hydrogen) atoms. The summed E-state index contributed by atoms with van der Waals surface area (Å²) in [5.41, 5.74) is 2.64. The minimum atomic E-state index is 0.235. The van der Waals surface area contributed by atoms with E-state index in [9.17, 15) is 4.79 Å². The minimum Gasteiger partial charge on any atom is -0.355 e. The van der Waals surface area contributed by atoms with Crippen LogP contribution in [0.4, 0.5) is 0 Å². The first-order valence-corrected chi connectivity index (χ1v) is 12.4. The number of thiophene rings is 1. The Hall–Kier alpha value is -2.34. The Balaban J connectivity index is 1.29. The zero-order valence-corrected chi connectivity index (χ0v) is 19.3. The van der Waals surface area contributed by atoms with Crippen LogP contribution in [0.15, 0.2) is 46.8 Å². The average Bonchev–Trinajstić information content (AvgIpc) is 3.48. The van der Waals surface area contributed by atoms with E-state index in [2.05, 4.69) is 57.4 Å². The quantitative estimate of drug-likeness (QED) is 0.496. The predicted molar refractivity (Wildman–Crippen MR) is 128 cm³/mol. The number of carbonyl (C=O) groups is 1. The summed E-state index contributed by atoms with van der Waals surface area (Å²) in [6, 6.07) is 13.0. The van der Waals surface area contributed by atoms with Crippen LogP contribution < -0.4 is 10.6 Å². The normalized spacial score (nSPS) is 18.9. The monoisotopic (exact) mass is 438 g/mol. The highest BCUT2D eigenvalue weighted by molar-refractivity contribution is 7.10. The van der Waals surface area contributed by atoms with Crippen LogP contribution >= 0.6 is 11.3 Å². The van der Waals surface area contributed by atoms with Gasteiger partial charge in [0.2, 0.25) is 5.91 Å². The van der Waals surface area contributed by atoms with E-state index in [1.807, 2.05) is 23.3 Å². The Morgan fingerprint density at radius 2 is 1.84 bits per heavy atom. The molecule has 2 N–H and O–H groups in total. The second-order valence-electron chi connectivity index (χ2n) is 8.83. The van der Waals surface area contributed by atoms with Gasteiger partial charge in [-0.3, -0.25) is 9.79 Å². The van der Waals surface area contributed by atoms with Gasteiger partial charge in [-0.05, 0) is 41.8 Å². The van der Waals surface area contributed by atoms with Crippen LogP contribution in [0.1, 0.15) is 60.9 Å². The summed E-state index contributed by atoms with van der Waals surface area (Å²) < 4.78 is 0. The van der Waals surface area contributed by atoms with Gasteiger partial charge in [0.05, 0.1) is 0 Å². The van der Waals surface area contributed by atoms with Crippen molar-refractivity contribution in [1.29, 1.82) is 0 Å². The van der Waals surface area contributed by atoms with Gasteiger partial charge in [-0.2, -0.15) is 0 Å². The number of hydrogen-bond donors (Lipinski definition) is 2. The van der Waals surface area contributed by atoms with Crippen LogP contribution in [0.25, 0.3) is 0 Å². The van der Waals surface area contributed by atoms with Crippen LogP contribution in [0.2, 0.25) is 0 Å². The number of likely N-dealkylation sites (tertiary alicyclic amines) is 1. The molecule has 2 fully saturated rings. The van der Waals surface area contributed by atoms with Gasteiger partial charge in [0.25, 0.3) is 0 Å². The first-order chi connectivity index (χ1) is 15.2. The Labute approximate surface area is 190 Å². The lowest BCUT2D eigenvalue weighted by atomic mass is 9.73. The van der Waals surface area contributed by atoms with E-state index in [1.165, 1.54) is 48.1 Å². The van der Waals surface area contributed by atoms with Gasteiger partial charge in [-0.25, -0.2) is 0 Å². The second-order valence-corrected chi connectivity index (χ2v) is 9.78. The SMILES string of the molecule is CN=C(NCc1ccc(CN2CCCC2=O)cc1)NCC1(c2cccs2)CCCCC1. The third-order valence-corrected chi connectivity index (χ3v) is 7.82. The number of benzene rings is 1. The average molecular weight is 439 g/mol. The van der Waals surface area contributed by atoms with Gasteiger partial charge in [0.1, 0.15) is 0 Å². The highest BCUT2D eigenvalue weighted by atomic mass is 32.1. The van der Waals surface area contributed by atoms with E-state index in [1.54, 1.807) is 0 Å².